The van der Waals surface area contributed by atoms with Gasteiger partial charge >= 0.3 is 0 Å². The molecular formula is C12H19N3O3. The number of carbonyl (C=O) groups is 1. The maximum atomic E-state index is 12.1. The predicted octanol–water partition coefficient (Wildman–Crippen LogP) is -0.379. The first kappa shape index (κ1) is 14.6. The van der Waals surface area contributed by atoms with Crippen molar-refractivity contribution >= 4 is 5.91 Å². The molecule has 0 aliphatic rings. The Morgan fingerprint density at radius 2 is 2.28 bits per heavy atom. The Kier molecular flexibility index (Phi) is 6.27. The lowest BCUT2D eigenvalue weighted by Gasteiger charge is -2.20. The largest absolute Gasteiger partial charge is 0.395 e. The van der Waals surface area contributed by atoms with Crippen LogP contribution in [0, 0.1) is 0 Å². The van der Waals surface area contributed by atoms with E-state index in [0.29, 0.717) is 25.4 Å². The maximum absolute atomic E-state index is 12.1. The van der Waals surface area contributed by atoms with Crippen LogP contribution in [-0.4, -0.2) is 54.3 Å². The van der Waals surface area contributed by atoms with Crippen LogP contribution in [0.15, 0.2) is 18.3 Å². The number of ether oxygens (including phenoxy) is 1. The molecule has 0 bridgehead atoms. The Morgan fingerprint density at radius 1 is 1.50 bits per heavy atom. The zero-order chi connectivity index (χ0) is 13.4. The van der Waals surface area contributed by atoms with E-state index in [-0.39, 0.29) is 19.1 Å². The molecule has 18 heavy (non-hydrogen) atoms. The van der Waals surface area contributed by atoms with Crippen molar-refractivity contribution in [1.82, 2.24) is 9.88 Å². The number of rotatable bonds is 7. The molecule has 0 aliphatic heterocycles. The predicted molar refractivity (Wildman–Crippen MR) is 67.0 cm³/mol. The summed E-state index contributed by atoms with van der Waals surface area (Å²) < 4.78 is 4.93. The number of hydrogen-bond donors (Lipinski definition) is 2. The third-order valence-electron chi connectivity index (χ3n) is 2.50. The van der Waals surface area contributed by atoms with Crippen molar-refractivity contribution in [3.63, 3.8) is 0 Å². The summed E-state index contributed by atoms with van der Waals surface area (Å²) in [5.41, 5.74) is 6.68. The Morgan fingerprint density at radius 3 is 2.78 bits per heavy atom. The summed E-state index contributed by atoms with van der Waals surface area (Å²) in [6.45, 7) is 1.42. The van der Waals surface area contributed by atoms with Crippen LogP contribution >= 0.6 is 0 Å². The number of nitrogens with two attached hydrogens (primary N) is 1. The topological polar surface area (TPSA) is 88.7 Å². The van der Waals surface area contributed by atoms with Crippen molar-refractivity contribution in [2.75, 3.05) is 33.4 Å². The molecule has 0 fully saturated rings. The van der Waals surface area contributed by atoms with Crippen molar-refractivity contribution in [2.24, 2.45) is 5.73 Å². The van der Waals surface area contributed by atoms with Gasteiger partial charge in [0.2, 0.25) is 0 Å². The van der Waals surface area contributed by atoms with Gasteiger partial charge in [0, 0.05) is 32.9 Å². The zero-order valence-corrected chi connectivity index (χ0v) is 10.5. The first-order chi connectivity index (χ1) is 8.72. The summed E-state index contributed by atoms with van der Waals surface area (Å²) in [6, 6.07) is 3.41. The smallest absolute Gasteiger partial charge is 0.272 e. The zero-order valence-electron chi connectivity index (χ0n) is 10.5. The highest BCUT2D eigenvalue weighted by Gasteiger charge is 2.16. The van der Waals surface area contributed by atoms with Gasteiger partial charge in [-0.1, -0.05) is 6.07 Å². The fourth-order valence-corrected chi connectivity index (χ4v) is 1.47. The van der Waals surface area contributed by atoms with Gasteiger partial charge in [-0.3, -0.25) is 9.78 Å². The van der Waals surface area contributed by atoms with Gasteiger partial charge in [-0.15, -0.1) is 0 Å². The van der Waals surface area contributed by atoms with E-state index in [1.165, 1.54) is 4.90 Å². The normalized spacial score (nSPS) is 10.4. The van der Waals surface area contributed by atoms with Crippen LogP contribution in [0.3, 0.4) is 0 Å². The summed E-state index contributed by atoms with van der Waals surface area (Å²) in [4.78, 5) is 17.7. The van der Waals surface area contributed by atoms with Crippen molar-refractivity contribution < 1.29 is 14.6 Å². The highest BCUT2D eigenvalue weighted by Crippen LogP contribution is 2.04. The lowest BCUT2D eigenvalue weighted by Crippen LogP contribution is -2.36. The van der Waals surface area contributed by atoms with Crippen LogP contribution in [0.4, 0.5) is 0 Å². The van der Waals surface area contributed by atoms with Crippen LogP contribution < -0.4 is 5.73 Å². The molecule has 1 aromatic heterocycles. The first-order valence-electron chi connectivity index (χ1n) is 5.77. The van der Waals surface area contributed by atoms with Gasteiger partial charge < -0.3 is 20.5 Å². The van der Waals surface area contributed by atoms with Crippen molar-refractivity contribution in [1.29, 1.82) is 0 Å². The summed E-state index contributed by atoms with van der Waals surface area (Å²) in [7, 11) is 1.57. The standard InChI is InChI=1S/C12H19N3O3/c1-18-7-5-15(4-6-16)12(17)11-3-2-10(8-13)9-14-11/h2-3,9,16H,4-8,13H2,1H3. The highest BCUT2D eigenvalue weighted by molar-refractivity contribution is 5.92. The van der Waals surface area contributed by atoms with E-state index in [4.69, 9.17) is 15.6 Å². The first-order valence-corrected chi connectivity index (χ1v) is 5.77. The minimum absolute atomic E-state index is 0.0870. The van der Waals surface area contributed by atoms with Crippen molar-refractivity contribution in [3.8, 4) is 0 Å². The van der Waals surface area contributed by atoms with Gasteiger partial charge in [0.05, 0.1) is 13.2 Å². The molecule has 0 saturated heterocycles. The van der Waals surface area contributed by atoms with Crippen LogP contribution in [0.1, 0.15) is 16.1 Å². The third kappa shape index (κ3) is 4.06. The van der Waals surface area contributed by atoms with E-state index in [1.807, 2.05) is 0 Å². The molecule has 1 aromatic rings. The molecule has 0 spiro atoms. The number of methoxy groups -OCH3 is 1. The SMILES string of the molecule is COCCN(CCO)C(=O)c1ccc(CN)cn1. The second kappa shape index (κ2) is 7.75. The van der Waals surface area contributed by atoms with Crippen molar-refractivity contribution in [2.45, 2.75) is 6.54 Å². The highest BCUT2D eigenvalue weighted by atomic mass is 16.5. The average Bonchev–Trinajstić information content (AvgIpc) is 2.43. The van der Waals surface area contributed by atoms with Crippen molar-refractivity contribution in [3.05, 3.63) is 29.6 Å². The Labute approximate surface area is 106 Å². The number of carbonyl (C=O) groups excluding carboxylic acids is 1. The maximum Gasteiger partial charge on any atom is 0.272 e. The quantitative estimate of drug-likeness (QED) is 0.691. The van der Waals surface area contributed by atoms with Crippen LogP contribution in [0.25, 0.3) is 0 Å². The Balaban J connectivity index is 2.73. The molecule has 0 atom stereocenters. The lowest BCUT2D eigenvalue weighted by atomic mass is 10.2. The Hall–Kier alpha value is -1.50. The van der Waals surface area contributed by atoms with Gasteiger partial charge in [-0.25, -0.2) is 0 Å². The molecule has 1 rings (SSSR count). The molecule has 100 valence electrons. The van der Waals surface area contributed by atoms with Gasteiger partial charge in [0.15, 0.2) is 0 Å². The monoisotopic (exact) mass is 253 g/mol. The number of nitrogens with zero attached hydrogens (tertiary/aromatic N) is 2. The number of hydrogen-bond acceptors (Lipinski definition) is 5. The van der Waals surface area contributed by atoms with Crippen LogP contribution in [-0.2, 0) is 11.3 Å². The molecule has 0 unspecified atom stereocenters. The second-order valence-corrected chi connectivity index (χ2v) is 3.76. The summed E-state index contributed by atoms with van der Waals surface area (Å²) >= 11 is 0. The van der Waals surface area contributed by atoms with E-state index in [0.717, 1.165) is 5.56 Å². The van der Waals surface area contributed by atoms with Gasteiger partial charge in [0.25, 0.3) is 5.91 Å². The fourth-order valence-electron chi connectivity index (χ4n) is 1.47. The molecule has 1 amide bonds. The third-order valence-corrected chi connectivity index (χ3v) is 2.50. The molecule has 6 heteroatoms. The number of aliphatic hydroxyl groups excluding tert-OH is 1. The molecular weight excluding hydrogens is 234 g/mol. The molecule has 0 saturated carbocycles. The van der Waals surface area contributed by atoms with Gasteiger partial charge in [0.1, 0.15) is 5.69 Å². The van der Waals surface area contributed by atoms with E-state index in [1.54, 1.807) is 25.4 Å². The minimum Gasteiger partial charge on any atom is -0.395 e. The summed E-state index contributed by atoms with van der Waals surface area (Å²) in [5.74, 6) is -0.218. The van der Waals surface area contributed by atoms with E-state index >= 15 is 0 Å². The van der Waals surface area contributed by atoms with Crippen LogP contribution in [0.2, 0.25) is 0 Å². The number of amides is 1. The molecule has 0 aliphatic carbocycles. The Bertz CT molecular complexity index is 367. The molecule has 0 radical (unpaired) electrons. The van der Waals surface area contributed by atoms with E-state index in [9.17, 15) is 4.79 Å². The van der Waals surface area contributed by atoms with Gasteiger partial charge in [-0.2, -0.15) is 0 Å². The second-order valence-electron chi connectivity index (χ2n) is 3.76. The fraction of sp³-hybridized carbons (Fsp3) is 0.500. The molecule has 3 N–H and O–H groups in total. The molecule has 6 nitrogen and oxygen atoms in total. The van der Waals surface area contributed by atoms with E-state index < -0.39 is 0 Å². The summed E-state index contributed by atoms with van der Waals surface area (Å²) in [6.07, 6.45) is 1.58. The summed E-state index contributed by atoms with van der Waals surface area (Å²) in [5, 5.41) is 8.94. The van der Waals surface area contributed by atoms with Crippen LogP contribution in [0.5, 0.6) is 0 Å². The number of pyridine rings is 1. The van der Waals surface area contributed by atoms with Gasteiger partial charge in [-0.05, 0) is 11.6 Å². The lowest BCUT2D eigenvalue weighted by molar-refractivity contribution is 0.0651. The number of aromatic nitrogens is 1. The average molecular weight is 253 g/mol. The molecule has 0 aromatic carbocycles. The number of aliphatic hydroxyl groups is 1. The van der Waals surface area contributed by atoms with E-state index in [2.05, 4.69) is 4.98 Å². The minimum atomic E-state index is -0.218. The molecule has 1 heterocycles.